The largest absolute Gasteiger partial charge is 0.396 e. The fraction of sp³-hybridized carbons (Fsp3) is 0.667. The fourth-order valence-corrected chi connectivity index (χ4v) is 1.81. The lowest BCUT2D eigenvalue weighted by Gasteiger charge is -2.04. The Morgan fingerprint density at radius 1 is 1.47 bits per heavy atom. The number of hydrogen-bond acceptors (Lipinski definition) is 3. The number of aliphatic hydroxyl groups is 1. The van der Waals surface area contributed by atoms with E-state index in [0.29, 0.717) is 19.4 Å². The summed E-state index contributed by atoms with van der Waals surface area (Å²) in [5, 5.41) is 15.7. The minimum absolute atomic E-state index is 0.0288. The monoisotopic (exact) mass is 239 g/mol. The van der Waals surface area contributed by atoms with Crippen LogP contribution in [-0.2, 0) is 18.3 Å². The second-order valence-corrected chi connectivity index (χ2v) is 4.20. The molecule has 0 saturated heterocycles. The third kappa shape index (κ3) is 3.85. The van der Waals surface area contributed by atoms with Gasteiger partial charge in [0.1, 0.15) is 0 Å². The zero-order valence-electron chi connectivity index (χ0n) is 10.8. The lowest BCUT2D eigenvalue weighted by atomic mass is 10.1. The number of nitrogens with one attached hydrogen (secondary N) is 1. The van der Waals surface area contributed by atoms with E-state index in [1.165, 1.54) is 0 Å². The van der Waals surface area contributed by atoms with Gasteiger partial charge in [0.25, 0.3) is 0 Å². The smallest absolute Gasteiger partial charge is 0.220 e. The summed E-state index contributed by atoms with van der Waals surface area (Å²) >= 11 is 0. The molecule has 0 aliphatic heterocycles. The van der Waals surface area contributed by atoms with Crippen molar-refractivity contribution in [1.82, 2.24) is 15.1 Å². The number of aromatic nitrogens is 2. The van der Waals surface area contributed by atoms with E-state index >= 15 is 0 Å². The van der Waals surface area contributed by atoms with Gasteiger partial charge < -0.3 is 10.4 Å². The van der Waals surface area contributed by atoms with E-state index in [1.807, 2.05) is 25.6 Å². The Morgan fingerprint density at radius 3 is 2.71 bits per heavy atom. The minimum Gasteiger partial charge on any atom is -0.396 e. The number of amides is 1. The van der Waals surface area contributed by atoms with Crippen molar-refractivity contribution in [3.8, 4) is 0 Å². The van der Waals surface area contributed by atoms with Crippen LogP contribution in [0.1, 0.15) is 29.8 Å². The molecule has 5 heteroatoms. The van der Waals surface area contributed by atoms with Gasteiger partial charge in [0.2, 0.25) is 5.91 Å². The molecule has 0 fully saturated rings. The summed E-state index contributed by atoms with van der Waals surface area (Å²) in [7, 11) is 1.91. The normalized spacial score (nSPS) is 10.6. The first-order valence-corrected chi connectivity index (χ1v) is 5.93. The van der Waals surface area contributed by atoms with Gasteiger partial charge >= 0.3 is 0 Å². The average Bonchev–Trinajstić information content (AvgIpc) is 2.51. The number of aliphatic hydroxyl groups excluding tert-OH is 1. The predicted octanol–water partition coefficient (Wildman–Crippen LogP) is 0.468. The molecule has 2 N–H and O–H groups in total. The van der Waals surface area contributed by atoms with Crippen molar-refractivity contribution in [3.63, 3.8) is 0 Å². The second kappa shape index (κ2) is 6.39. The molecule has 0 aliphatic rings. The molecule has 0 bridgehead atoms. The molecule has 1 aromatic heterocycles. The van der Waals surface area contributed by atoms with Gasteiger partial charge in [-0.1, -0.05) is 0 Å². The van der Waals surface area contributed by atoms with E-state index in [0.717, 1.165) is 23.4 Å². The van der Waals surface area contributed by atoms with Crippen LogP contribution in [0.4, 0.5) is 0 Å². The van der Waals surface area contributed by atoms with E-state index in [9.17, 15) is 4.79 Å². The van der Waals surface area contributed by atoms with Crippen LogP contribution in [0.25, 0.3) is 0 Å². The van der Waals surface area contributed by atoms with Gasteiger partial charge in [-0.05, 0) is 32.3 Å². The molecular weight excluding hydrogens is 218 g/mol. The Balaban J connectivity index is 2.42. The molecule has 1 amide bonds. The van der Waals surface area contributed by atoms with Gasteiger partial charge in [0.15, 0.2) is 0 Å². The number of carbonyl (C=O) groups is 1. The summed E-state index contributed by atoms with van der Waals surface area (Å²) in [6.07, 6.45) is 1.80. The average molecular weight is 239 g/mol. The molecular formula is C12H21N3O2. The minimum atomic E-state index is 0.0288. The Morgan fingerprint density at radius 2 is 2.18 bits per heavy atom. The molecule has 96 valence electrons. The molecule has 0 atom stereocenters. The van der Waals surface area contributed by atoms with Crippen LogP contribution in [0.15, 0.2) is 0 Å². The lowest BCUT2D eigenvalue weighted by Crippen LogP contribution is -2.25. The SMILES string of the molecule is Cc1nn(C)c(C)c1CCC(=O)NCCCO. The summed E-state index contributed by atoms with van der Waals surface area (Å²) in [6, 6.07) is 0. The molecule has 0 radical (unpaired) electrons. The lowest BCUT2D eigenvalue weighted by molar-refractivity contribution is -0.121. The summed E-state index contributed by atoms with van der Waals surface area (Å²) in [5.74, 6) is 0.0288. The van der Waals surface area contributed by atoms with Crippen LogP contribution in [0.2, 0.25) is 0 Å². The molecule has 1 heterocycles. The number of carbonyl (C=O) groups excluding carboxylic acids is 1. The van der Waals surface area contributed by atoms with Gasteiger partial charge in [0.05, 0.1) is 5.69 Å². The van der Waals surface area contributed by atoms with E-state index < -0.39 is 0 Å². The highest BCUT2D eigenvalue weighted by Gasteiger charge is 2.10. The van der Waals surface area contributed by atoms with Crippen molar-refractivity contribution in [1.29, 1.82) is 0 Å². The van der Waals surface area contributed by atoms with E-state index in [4.69, 9.17) is 5.11 Å². The Kier molecular flexibility index (Phi) is 5.15. The molecule has 1 rings (SSSR count). The topological polar surface area (TPSA) is 67.2 Å². The molecule has 0 spiro atoms. The fourth-order valence-electron chi connectivity index (χ4n) is 1.81. The van der Waals surface area contributed by atoms with E-state index in [1.54, 1.807) is 0 Å². The number of rotatable bonds is 6. The Bertz CT molecular complexity index is 385. The summed E-state index contributed by atoms with van der Waals surface area (Å²) < 4.78 is 1.84. The van der Waals surface area contributed by atoms with Gasteiger partial charge in [-0.3, -0.25) is 9.48 Å². The Labute approximate surface area is 102 Å². The molecule has 0 saturated carbocycles. The van der Waals surface area contributed by atoms with Crippen molar-refractivity contribution in [2.45, 2.75) is 33.1 Å². The van der Waals surface area contributed by atoms with Gasteiger partial charge in [-0.15, -0.1) is 0 Å². The number of aryl methyl sites for hydroxylation is 2. The van der Waals surface area contributed by atoms with Gasteiger partial charge in [-0.2, -0.15) is 5.10 Å². The van der Waals surface area contributed by atoms with Crippen LogP contribution >= 0.6 is 0 Å². The van der Waals surface area contributed by atoms with Crippen LogP contribution in [0.5, 0.6) is 0 Å². The Hall–Kier alpha value is -1.36. The molecule has 1 aromatic rings. The predicted molar refractivity (Wildman–Crippen MR) is 65.7 cm³/mol. The summed E-state index contributed by atoms with van der Waals surface area (Å²) in [4.78, 5) is 11.5. The maximum absolute atomic E-state index is 11.5. The standard InChI is InChI=1S/C12H21N3O2/c1-9-11(10(2)15(3)14-9)5-6-12(17)13-7-4-8-16/h16H,4-8H2,1-3H3,(H,13,17). The van der Waals surface area contributed by atoms with Crippen molar-refractivity contribution in [2.24, 2.45) is 7.05 Å². The van der Waals surface area contributed by atoms with Crippen molar-refractivity contribution in [3.05, 3.63) is 17.0 Å². The molecule has 0 aliphatic carbocycles. The van der Waals surface area contributed by atoms with E-state index in [2.05, 4.69) is 10.4 Å². The second-order valence-electron chi connectivity index (χ2n) is 4.20. The third-order valence-electron chi connectivity index (χ3n) is 2.92. The van der Waals surface area contributed by atoms with Crippen molar-refractivity contribution < 1.29 is 9.90 Å². The van der Waals surface area contributed by atoms with Crippen LogP contribution < -0.4 is 5.32 Å². The first-order valence-electron chi connectivity index (χ1n) is 5.93. The third-order valence-corrected chi connectivity index (χ3v) is 2.92. The molecule has 5 nitrogen and oxygen atoms in total. The highest BCUT2D eigenvalue weighted by molar-refractivity contribution is 5.76. The van der Waals surface area contributed by atoms with Crippen molar-refractivity contribution in [2.75, 3.05) is 13.2 Å². The maximum Gasteiger partial charge on any atom is 0.220 e. The summed E-state index contributed by atoms with van der Waals surface area (Å²) in [6.45, 7) is 4.63. The molecule has 17 heavy (non-hydrogen) atoms. The summed E-state index contributed by atoms with van der Waals surface area (Å²) in [5.41, 5.74) is 3.27. The van der Waals surface area contributed by atoms with E-state index in [-0.39, 0.29) is 12.5 Å². The zero-order valence-corrected chi connectivity index (χ0v) is 10.8. The quantitative estimate of drug-likeness (QED) is 0.709. The first kappa shape index (κ1) is 13.7. The highest BCUT2D eigenvalue weighted by Crippen LogP contribution is 2.13. The number of nitrogens with zero attached hydrogens (tertiary/aromatic N) is 2. The van der Waals surface area contributed by atoms with Crippen molar-refractivity contribution >= 4 is 5.91 Å². The zero-order chi connectivity index (χ0) is 12.8. The van der Waals surface area contributed by atoms with Crippen LogP contribution in [-0.4, -0.2) is 33.9 Å². The van der Waals surface area contributed by atoms with Gasteiger partial charge in [0, 0.05) is 32.3 Å². The van der Waals surface area contributed by atoms with Crippen LogP contribution in [0, 0.1) is 13.8 Å². The first-order chi connectivity index (χ1) is 8.06. The highest BCUT2D eigenvalue weighted by atomic mass is 16.3. The van der Waals surface area contributed by atoms with Crippen LogP contribution in [0.3, 0.4) is 0 Å². The van der Waals surface area contributed by atoms with Gasteiger partial charge in [-0.25, -0.2) is 0 Å². The molecule has 0 unspecified atom stereocenters. The number of hydrogen-bond donors (Lipinski definition) is 2. The maximum atomic E-state index is 11.5. The molecule has 0 aromatic carbocycles.